The topological polar surface area (TPSA) is 137 Å². The Bertz CT molecular complexity index is 1600. The summed E-state index contributed by atoms with van der Waals surface area (Å²) in [7, 11) is 0. The Morgan fingerprint density at radius 3 is 2.32 bits per heavy atom. The summed E-state index contributed by atoms with van der Waals surface area (Å²) in [6, 6.07) is 22.9. The lowest BCUT2D eigenvalue weighted by molar-refractivity contribution is -0.114. The van der Waals surface area contributed by atoms with Crippen molar-refractivity contribution in [2.75, 3.05) is 16.4 Å². The molecule has 0 aliphatic carbocycles. The molecule has 41 heavy (non-hydrogen) atoms. The van der Waals surface area contributed by atoms with Gasteiger partial charge in [0.1, 0.15) is 5.70 Å². The molecule has 0 saturated heterocycles. The first-order chi connectivity index (χ1) is 19.8. The van der Waals surface area contributed by atoms with Crippen molar-refractivity contribution in [1.29, 1.82) is 0 Å². The number of carboxylic acid groups (broad SMARTS) is 1. The molecule has 3 aromatic carbocycles. The van der Waals surface area contributed by atoms with E-state index in [1.165, 1.54) is 36.0 Å². The summed E-state index contributed by atoms with van der Waals surface area (Å²) in [5.74, 6) is -2.41. The van der Waals surface area contributed by atoms with Crippen molar-refractivity contribution in [1.82, 2.24) is 10.3 Å². The summed E-state index contributed by atoms with van der Waals surface area (Å²) >= 11 is 7.31. The zero-order valence-electron chi connectivity index (χ0n) is 21.3. The van der Waals surface area contributed by atoms with E-state index in [4.69, 9.17) is 16.7 Å². The number of rotatable bonds is 10. The van der Waals surface area contributed by atoms with Gasteiger partial charge in [-0.2, -0.15) is 0 Å². The number of halogens is 1. The molecule has 0 atom stereocenters. The second kappa shape index (κ2) is 13.9. The Kier molecular flexibility index (Phi) is 9.87. The number of hydrogen-bond acceptors (Lipinski definition) is 6. The maximum Gasteiger partial charge on any atom is 0.335 e. The van der Waals surface area contributed by atoms with Gasteiger partial charge in [-0.15, -0.1) is 11.8 Å². The third kappa shape index (κ3) is 8.53. The number of amides is 3. The average molecular weight is 587 g/mol. The number of pyridine rings is 1. The number of hydrogen-bond donors (Lipinski definition) is 4. The lowest BCUT2D eigenvalue weighted by atomic mass is 10.2. The molecule has 0 spiro atoms. The van der Waals surface area contributed by atoms with Crippen molar-refractivity contribution in [3.8, 4) is 0 Å². The highest BCUT2D eigenvalue weighted by Gasteiger charge is 2.16. The molecule has 0 bridgehead atoms. The van der Waals surface area contributed by atoms with E-state index >= 15 is 0 Å². The molecule has 11 heteroatoms. The minimum atomic E-state index is -1.13. The molecule has 3 amide bonds. The van der Waals surface area contributed by atoms with Gasteiger partial charge in [0.15, 0.2) is 0 Å². The number of anilines is 2. The first-order valence-corrected chi connectivity index (χ1v) is 13.5. The van der Waals surface area contributed by atoms with Gasteiger partial charge in [0.25, 0.3) is 11.8 Å². The van der Waals surface area contributed by atoms with Gasteiger partial charge in [0.05, 0.1) is 22.0 Å². The van der Waals surface area contributed by atoms with Gasteiger partial charge >= 0.3 is 5.97 Å². The fourth-order valence-electron chi connectivity index (χ4n) is 3.49. The third-order valence-electron chi connectivity index (χ3n) is 5.49. The van der Waals surface area contributed by atoms with Gasteiger partial charge < -0.3 is 21.1 Å². The molecule has 1 aromatic heterocycles. The van der Waals surface area contributed by atoms with Gasteiger partial charge in [0, 0.05) is 28.5 Å². The molecule has 9 nitrogen and oxygen atoms in total. The molecular formula is C30H23ClN4O5S. The quantitative estimate of drug-likeness (QED) is 0.141. The number of benzene rings is 3. The molecule has 0 saturated carbocycles. The highest BCUT2D eigenvalue weighted by Crippen LogP contribution is 2.25. The van der Waals surface area contributed by atoms with Crippen LogP contribution in [0, 0.1) is 0 Å². The highest BCUT2D eigenvalue weighted by atomic mass is 35.5. The molecule has 206 valence electrons. The standard InChI is InChI=1S/C30H23ClN4O5S/c31-24-13-8-21(30(39)40)16-25(24)34-27(36)18-41-23-11-9-22(10-12-23)33-29(38)26(15-19-5-4-14-32-17-19)35-28(37)20-6-2-1-3-7-20/h1-17H,18H2,(H,33,38)(H,34,36)(H,35,37)(H,39,40)/b26-15-. The van der Waals surface area contributed by atoms with Crippen molar-refractivity contribution in [3.63, 3.8) is 0 Å². The fraction of sp³-hybridized carbons (Fsp3) is 0.0333. The van der Waals surface area contributed by atoms with E-state index in [1.807, 2.05) is 0 Å². The molecule has 4 N–H and O–H groups in total. The minimum absolute atomic E-state index is 0.00746. The number of nitrogens with one attached hydrogen (secondary N) is 3. The molecule has 0 aliphatic rings. The van der Waals surface area contributed by atoms with E-state index in [9.17, 15) is 19.2 Å². The normalized spacial score (nSPS) is 10.9. The molecule has 1 heterocycles. The minimum Gasteiger partial charge on any atom is -0.478 e. The summed E-state index contributed by atoms with van der Waals surface area (Å²) in [4.78, 5) is 54.2. The third-order valence-corrected chi connectivity index (χ3v) is 6.84. The van der Waals surface area contributed by atoms with Crippen LogP contribution >= 0.6 is 23.4 Å². The smallest absolute Gasteiger partial charge is 0.335 e. The molecule has 0 fully saturated rings. The van der Waals surface area contributed by atoms with Crippen LogP contribution in [0.2, 0.25) is 5.02 Å². The van der Waals surface area contributed by atoms with Gasteiger partial charge in [-0.05, 0) is 72.3 Å². The van der Waals surface area contributed by atoms with Crippen molar-refractivity contribution in [2.24, 2.45) is 0 Å². The average Bonchev–Trinajstić information content (AvgIpc) is 2.98. The van der Waals surface area contributed by atoms with Gasteiger partial charge in [-0.25, -0.2) is 4.79 Å². The van der Waals surface area contributed by atoms with E-state index in [0.717, 1.165) is 4.90 Å². The van der Waals surface area contributed by atoms with Crippen molar-refractivity contribution < 1.29 is 24.3 Å². The molecule has 0 unspecified atom stereocenters. The van der Waals surface area contributed by atoms with Gasteiger partial charge in [-0.3, -0.25) is 19.4 Å². The van der Waals surface area contributed by atoms with Crippen LogP contribution in [0.3, 0.4) is 0 Å². The predicted octanol–water partition coefficient (Wildman–Crippen LogP) is 5.57. The lowest BCUT2D eigenvalue weighted by Gasteiger charge is -2.12. The zero-order chi connectivity index (χ0) is 29.2. The first-order valence-electron chi connectivity index (χ1n) is 12.1. The Balaban J connectivity index is 1.38. The highest BCUT2D eigenvalue weighted by molar-refractivity contribution is 8.00. The molecule has 0 aliphatic heterocycles. The van der Waals surface area contributed by atoms with Crippen LogP contribution < -0.4 is 16.0 Å². The van der Waals surface area contributed by atoms with E-state index < -0.39 is 17.8 Å². The molecule has 4 rings (SSSR count). The number of carbonyl (C=O) groups is 4. The molecular weight excluding hydrogens is 564 g/mol. The SMILES string of the molecule is O=C(CSc1ccc(NC(=O)/C(=C/c2cccnc2)NC(=O)c2ccccc2)cc1)Nc1cc(C(=O)O)ccc1Cl. The maximum atomic E-state index is 13.1. The summed E-state index contributed by atoms with van der Waals surface area (Å²) in [5.41, 5.74) is 1.77. The van der Waals surface area contributed by atoms with Crippen LogP contribution in [-0.2, 0) is 9.59 Å². The zero-order valence-corrected chi connectivity index (χ0v) is 22.9. The number of aromatic carboxylic acids is 1. The van der Waals surface area contributed by atoms with Crippen LogP contribution in [0.1, 0.15) is 26.3 Å². The van der Waals surface area contributed by atoms with Crippen LogP contribution in [0.15, 0.2) is 108 Å². The van der Waals surface area contributed by atoms with E-state index in [-0.39, 0.29) is 33.6 Å². The molecule has 0 radical (unpaired) electrons. The van der Waals surface area contributed by atoms with Gasteiger partial charge in [0.2, 0.25) is 5.91 Å². The summed E-state index contributed by atoms with van der Waals surface area (Å²) in [5, 5.41) is 17.4. The number of thioether (sulfide) groups is 1. The monoisotopic (exact) mass is 586 g/mol. The van der Waals surface area contributed by atoms with Crippen LogP contribution in [-0.4, -0.2) is 39.5 Å². The van der Waals surface area contributed by atoms with Crippen LogP contribution in [0.5, 0.6) is 0 Å². The number of carboxylic acids is 1. The number of nitrogens with zero attached hydrogens (tertiary/aromatic N) is 1. The van der Waals surface area contributed by atoms with Crippen molar-refractivity contribution in [3.05, 3.63) is 125 Å². The fourth-order valence-corrected chi connectivity index (χ4v) is 4.36. The Hall–Kier alpha value is -4.93. The second-order valence-corrected chi connectivity index (χ2v) is 9.94. The van der Waals surface area contributed by atoms with Crippen LogP contribution in [0.25, 0.3) is 6.08 Å². The predicted molar refractivity (Wildman–Crippen MR) is 159 cm³/mol. The summed E-state index contributed by atoms with van der Waals surface area (Å²) in [6.07, 6.45) is 4.71. The summed E-state index contributed by atoms with van der Waals surface area (Å²) in [6.45, 7) is 0. The van der Waals surface area contributed by atoms with E-state index in [2.05, 4.69) is 20.9 Å². The van der Waals surface area contributed by atoms with Crippen molar-refractivity contribution in [2.45, 2.75) is 4.90 Å². The Labute approximate surface area is 244 Å². The van der Waals surface area contributed by atoms with Crippen molar-refractivity contribution >= 4 is 64.5 Å². The van der Waals surface area contributed by atoms with E-state index in [1.54, 1.807) is 79.1 Å². The lowest BCUT2D eigenvalue weighted by Crippen LogP contribution is -2.30. The van der Waals surface area contributed by atoms with Gasteiger partial charge in [-0.1, -0.05) is 35.9 Å². The number of carbonyl (C=O) groups excluding carboxylic acids is 3. The second-order valence-electron chi connectivity index (χ2n) is 8.48. The van der Waals surface area contributed by atoms with E-state index in [0.29, 0.717) is 16.8 Å². The first kappa shape index (κ1) is 29.1. The Morgan fingerprint density at radius 1 is 0.878 bits per heavy atom. The maximum absolute atomic E-state index is 13.1. The molecule has 4 aromatic rings. The number of aromatic nitrogens is 1. The Morgan fingerprint density at radius 2 is 1.63 bits per heavy atom. The largest absolute Gasteiger partial charge is 0.478 e. The summed E-state index contributed by atoms with van der Waals surface area (Å²) < 4.78 is 0. The van der Waals surface area contributed by atoms with Crippen LogP contribution in [0.4, 0.5) is 11.4 Å².